The summed E-state index contributed by atoms with van der Waals surface area (Å²) < 4.78 is 27.3. The maximum atomic E-state index is 12.9. The van der Waals surface area contributed by atoms with Crippen molar-refractivity contribution in [3.8, 4) is 0 Å². The zero-order valence-electron chi connectivity index (χ0n) is 13.5. The number of aryl methyl sites for hydroxylation is 1. The van der Waals surface area contributed by atoms with Crippen molar-refractivity contribution in [1.82, 2.24) is 9.21 Å². The van der Waals surface area contributed by atoms with Gasteiger partial charge in [-0.1, -0.05) is 24.3 Å². The summed E-state index contributed by atoms with van der Waals surface area (Å²) in [5.41, 5.74) is 0.744. The van der Waals surface area contributed by atoms with Gasteiger partial charge in [-0.15, -0.1) is 11.3 Å². The molecule has 2 aromatic rings. The fourth-order valence-electron chi connectivity index (χ4n) is 2.88. The number of nitrogens with zero attached hydrogens (tertiary/aromatic N) is 2. The van der Waals surface area contributed by atoms with Crippen molar-refractivity contribution in [3.05, 3.63) is 52.2 Å². The molecule has 3 rings (SSSR count). The lowest BCUT2D eigenvalue weighted by Gasteiger charge is -2.22. The molecule has 0 radical (unpaired) electrons. The fourth-order valence-corrected chi connectivity index (χ4v) is 5.26. The summed E-state index contributed by atoms with van der Waals surface area (Å²) in [7, 11) is -3.52. The van der Waals surface area contributed by atoms with E-state index in [2.05, 4.69) is 0 Å². The summed E-state index contributed by atoms with van der Waals surface area (Å²) in [5, 5.41) is 1.87. The lowest BCUT2D eigenvalue weighted by atomic mass is 10.2. The Balaban J connectivity index is 1.76. The first-order chi connectivity index (χ1) is 11.5. The van der Waals surface area contributed by atoms with E-state index in [0.29, 0.717) is 42.4 Å². The molecule has 1 aromatic carbocycles. The second-order valence-electron chi connectivity index (χ2n) is 5.79. The van der Waals surface area contributed by atoms with Crippen LogP contribution >= 0.6 is 11.3 Å². The number of sulfonamides is 1. The van der Waals surface area contributed by atoms with Crippen LogP contribution in [0.4, 0.5) is 0 Å². The number of carbonyl (C=O) groups excluding carboxylic acids is 1. The predicted molar refractivity (Wildman–Crippen MR) is 94.8 cm³/mol. The third-order valence-corrected chi connectivity index (χ3v) is 7.10. The normalized spacial score (nSPS) is 16.8. The zero-order valence-corrected chi connectivity index (χ0v) is 15.1. The van der Waals surface area contributed by atoms with Crippen molar-refractivity contribution in [2.24, 2.45) is 0 Å². The van der Waals surface area contributed by atoms with E-state index in [1.807, 2.05) is 17.5 Å². The smallest absolute Gasteiger partial charge is 0.263 e. The van der Waals surface area contributed by atoms with Gasteiger partial charge in [0.05, 0.1) is 9.77 Å². The van der Waals surface area contributed by atoms with Crippen LogP contribution in [0.5, 0.6) is 0 Å². The van der Waals surface area contributed by atoms with Crippen molar-refractivity contribution in [2.45, 2.75) is 18.2 Å². The first-order valence-electron chi connectivity index (χ1n) is 7.89. The summed E-state index contributed by atoms with van der Waals surface area (Å²) in [5.74, 6) is -0.0138. The van der Waals surface area contributed by atoms with E-state index in [1.165, 1.54) is 15.6 Å². The van der Waals surface area contributed by atoms with Gasteiger partial charge in [-0.25, -0.2) is 8.42 Å². The minimum atomic E-state index is -3.52. The molecule has 24 heavy (non-hydrogen) atoms. The van der Waals surface area contributed by atoms with Crippen molar-refractivity contribution >= 4 is 27.3 Å². The lowest BCUT2D eigenvalue weighted by Crippen LogP contribution is -2.37. The van der Waals surface area contributed by atoms with Crippen LogP contribution < -0.4 is 0 Å². The molecule has 0 bridgehead atoms. The lowest BCUT2D eigenvalue weighted by molar-refractivity contribution is 0.0769. The van der Waals surface area contributed by atoms with E-state index in [0.717, 1.165) is 5.56 Å². The summed E-state index contributed by atoms with van der Waals surface area (Å²) in [6.45, 7) is 3.56. The number of benzene rings is 1. The molecule has 0 N–H and O–H groups in total. The Morgan fingerprint density at radius 1 is 1.04 bits per heavy atom. The third-order valence-electron chi connectivity index (χ3n) is 4.19. The van der Waals surface area contributed by atoms with Crippen molar-refractivity contribution in [3.63, 3.8) is 0 Å². The quantitative estimate of drug-likeness (QED) is 0.841. The number of amides is 1. The van der Waals surface area contributed by atoms with Crippen LogP contribution in [0.25, 0.3) is 0 Å². The van der Waals surface area contributed by atoms with Crippen LogP contribution in [0.15, 0.2) is 46.7 Å². The Bertz CT molecular complexity index is 816. The Labute approximate surface area is 146 Å². The maximum Gasteiger partial charge on any atom is 0.263 e. The average molecular weight is 364 g/mol. The number of hydrogen-bond donors (Lipinski definition) is 0. The number of carbonyl (C=O) groups is 1. The van der Waals surface area contributed by atoms with Crippen molar-refractivity contribution in [1.29, 1.82) is 0 Å². The topological polar surface area (TPSA) is 57.7 Å². The molecule has 128 valence electrons. The van der Waals surface area contributed by atoms with Crippen molar-refractivity contribution in [2.75, 3.05) is 26.2 Å². The first-order valence-corrected chi connectivity index (χ1v) is 10.2. The largest absolute Gasteiger partial charge is 0.337 e. The SMILES string of the molecule is Cc1ccccc1S(=O)(=O)N1CCCN(C(=O)c2cccs2)CC1. The van der Waals surface area contributed by atoms with E-state index >= 15 is 0 Å². The van der Waals surface area contributed by atoms with Crippen LogP contribution in [-0.4, -0.2) is 49.7 Å². The van der Waals surface area contributed by atoms with Gasteiger partial charge < -0.3 is 4.90 Å². The van der Waals surface area contributed by atoms with Gasteiger partial charge in [-0.3, -0.25) is 4.79 Å². The van der Waals surface area contributed by atoms with Crippen LogP contribution in [0.1, 0.15) is 21.7 Å². The maximum absolute atomic E-state index is 12.9. The van der Waals surface area contributed by atoms with Gasteiger partial charge in [0.25, 0.3) is 5.91 Å². The second-order valence-corrected chi connectivity index (χ2v) is 8.65. The number of hydrogen-bond acceptors (Lipinski definition) is 4. The molecule has 1 aliphatic rings. The molecule has 0 saturated carbocycles. The van der Waals surface area contributed by atoms with Gasteiger partial charge in [-0.2, -0.15) is 4.31 Å². The fraction of sp³-hybridized carbons (Fsp3) is 0.353. The highest BCUT2D eigenvalue weighted by atomic mass is 32.2. The molecule has 1 aromatic heterocycles. The standard InChI is InChI=1S/C17H20N2O3S2/c1-14-6-2-3-8-16(14)24(21,22)19-10-5-9-18(11-12-19)17(20)15-7-4-13-23-15/h2-4,6-8,13H,5,9-12H2,1H3. The van der Waals surface area contributed by atoms with E-state index in [9.17, 15) is 13.2 Å². The van der Waals surface area contributed by atoms with E-state index in [4.69, 9.17) is 0 Å². The van der Waals surface area contributed by atoms with Gasteiger partial charge in [0, 0.05) is 26.2 Å². The Morgan fingerprint density at radius 2 is 1.83 bits per heavy atom. The summed E-state index contributed by atoms with van der Waals surface area (Å²) in [4.78, 5) is 15.3. The van der Waals surface area contributed by atoms with Crippen molar-refractivity contribution < 1.29 is 13.2 Å². The highest BCUT2D eigenvalue weighted by molar-refractivity contribution is 7.89. The highest BCUT2D eigenvalue weighted by Gasteiger charge is 2.29. The molecule has 2 heterocycles. The summed E-state index contributed by atoms with van der Waals surface area (Å²) in [6.07, 6.45) is 0.641. The minimum absolute atomic E-state index is 0.0138. The molecule has 0 aliphatic carbocycles. The van der Waals surface area contributed by atoms with E-state index in [1.54, 1.807) is 36.1 Å². The second kappa shape index (κ2) is 7.04. The molecule has 0 unspecified atom stereocenters. The van der Waals surface area contributed by atoms with Crippen LogP contribution in [0.2, 0.25) is 0 Å². The number of rotatable bonds is 3. The Hall–Kier alpha value is -1.70. The monoisotopic (exact) mass is 364 g/mol. The van der Waals surface area contributed by atoms with Crippen LogP contribution in [0, 0.1) is 6.92 Å². The van der Waals surface area contributed by atoms with Crippen LogP contribution in [-0.2, 0) is 10.0 Å². The molecule has 0 atom stereocenters. The summed E-state index contributed by atoms with van der Waals surface area (Å²) in [6, 6.07) is 10.7. The van der Waals surface area contributed by atoms with Gasteiger partial charge in [0.2, 0.25) is 10.0 Å². The Kier molecular flexibility index (Phi) is 5.03. The average Bonchev–Trinajstić information content (AvgIpc) is 2.98. The minimum Gasteiger partial charge on any atom is -0.337 e. The summed E-state index contributed by atoms with van der Waals surface area (Å²) >= 11 is 1.41. The highest BCUT2D eigenvalue weighted by Crippen LogP contribution is 2.21. The molecule has 0 spiro atoms. The zero-order chi connectivity index (χ0) is 17.2. The molecular formula is C17H20N2O3S2. The predicted octanol–water partition coefficient (Wildman–Crippen LogP) is 2.59. The first kappa shape index (κ1) is 17.1. The molecule has 1 fully saturated rings. The van der Waals surface area contributed by atoms with Gasteiger partial charge >= 0.3 is 0 Å². The molecule has 1 aliphatic heterocycles. The van der Waals surface area contributed by atoms with Gasteiger partial charge in [0.15, 0.2) is 0 Å². The number of thiophene rings is 1. The molecular weight excluding hydrogens is 344 g/mol. The van der Waals surface area contributed by atoms with Gasteiger partial charge in [-0.05, 0) is 36.4 Å². The van der Waals surface area contributed by atoms with E-state index < -0.39 is 10.0 Å². The Morgan fingerprint density at radius 3 is 2.54 bits per heavy atom. The molecule has 1 amide bonds. The molecule has 5 nitrogen and oxygen atoms in total. The third kappa shape index (κ3) is 3.38. The molecule has 1 saturated heterocycles. The van der Waals surface area contributed by atoms with E-state index in [-0.39, 0.29) is 5.91 Å². The van der Waals surface area contributed by atoms with Gasteiger partial charge in [0.1, 0.15) is 0 Å². The molecule has 7 heteroatoms. The van der Waals surface area contributed by atoms with Crippen LogP contribution in [0.3, 0.4) is 0 Å².